The van der Waals surface area contributed by atoms with E-state index in [1.54, 1.807) is 19.4 Å². The van der Waals surface area contributed by atoms with Crippen LogP contribution in [0.5, 0.6) is 5.75 Å². The van der Waals surface area contributed by atoms with E-state index in [0.29, 0.717) is 49.2 Å². The number of nitrogens with one attached hydrogen (secondary N) is 1. The first kappa shape index (κ1) is 20.8. The maximum atomic E-state index is 12.8. The number of hydrogen-bond acceptors (Lipinski definition) is 6. The van der Waals surface area contributed by atoms with Gasteiger partial charge in [-0.15, -0.1) is 0 Å². The monoisotopic (exact) mass is 443 g/mol. The predicted molar refractivity (Wildman–Crippen MR) is 128 cm³/mol. The third-order valence-electron chi connectivity index (χ3n) is 5.76. The largest absolute Gasteiger partial charge is 0.497 e. The molecule has 5 rings (SSSR count). The first-order valence-corrected chi connectivity index (χ1v) is 10.9. The lowest BCUT2D eigenvalue weighted by Crippen LogP contribution is -2.50. The minimum Gasteiger partial charge on any atom is -0.497 e. The molecule has 0 saturated carbocycles. The van der Waals surface area contributed by atoms with Crippen LogP contribution >= 0.6 is 0 Å². The van der Waals surface area contributed by atoms with Gasteiger partial charge in [-0.05, 0) is 43.3 Å². The van der Waals surface area contributed by atoms with Crippen LogP contribution in [-0.2, 0) is 0 Å². The highest BCUT2D eigenvalue weighted by molar-refractivity contribution is 5.92. The van der Waals surface area contributed by atoms with Crippen LogP contribution in [0.4, 0.5) is 16.3 Å². The Hall–Kier alpha value is -4.07. The molecule has 2 amide bonds. The predicted octanol–water partition coefficient (Wildman–Crippen LogP) is 4.56. The zero-order valence-corrected chi connectivity index (χ0v) is 18.6. The van der Waals surface area contributed by atoms with E-state index in [4.69, 9.17) is 19.1 Å². The van der Waals surface area contributed by atoms with E-state index >= 15 is 0 Å². The number of carbonyl (C=O) groups is 1. The van der Waals surface area contributed by atoms with Gasteiger partial charge in [0.05, 0.1) is 18.9 Å². The Balaban J connectivity index is 1.35. The summed E-state index contributed by atoms with van der Waals surface area (Å²) >= 11 is 0. The van der Waals surface area contributed by atoms with Crippen molar-refractivity contribution in [3.8, 4) is 17.3 Å². The number of anilines is 2. The number of urea groups is 1. The second-order valence-electron chi connectivity index (χ2n) is 8.00. The minimum atomic E-state index is -0.123. The molecule has 1 fully saturated rings. The van der Waals surface area contributed by atoms with Crippen LogP contribution in [0.3, 0.4) is 0 Å². The van der Waals surface area contributed by atoms with Crippen molar-refractivity contribution in [2.75, 3.05) is 43.5 Å². The number of carbonyl (C=O) groups excluding carboxylic acids is 1. The molecule has 3 heterocycles. The lowest BCUT2D eigenvalue weighted by Gasteiger charge is -2.35. The van der Waals surface area contributed by atoms with Crippen LogP contribution in [0.2, 0.25) is 0 Å². The quantitative estimate of drug-likeness (QED) is 0.498. The number of furan rings is 1. The Morgan fingerprint density at radius 2 is 1.88 bits per heavy atom. The highest BCUT2D eigenvalue weighted by atomic mass is 16.5. The number of benzene rings is 2. The van der Waals surface area contributed by atoms with Gasteiger partial charge in [0.2, 0.25) is 0 Å². The van der Waals surface area contributed by atoms with Crippen LogP contribution in [-0.4, -0.2) is 54.2 Å². The summed E-state index contributed by atoms with van der Waals surface area (Å²) in [5.41, 5.74) is 2.73. The Kier molecular flexibility index (Phi) is 5.56. The molecule has 2 aromatic carbocycles. The summed E-state index contributed by atoms with van der Waals surface area (Å²) in [6, 6.07) is 17.1. The van der Waals surface area contributed by atoms with E-state index in [1.807, 2.05) is 47.4 Å². The molecule has 2 aromatic heterocycles. The molecule has 0 radical (unpaired) electrons. The Labute approximate surface area is 191 Å². The van der Waals surface area contributed by atoms with E-state index in [-0.39, 0.29) is 6.03 Å². The van der Waals surface area contributed by atoms with Gasteiger partial charge in [0.25, 0.3) is 0 Å². The van der Waals surface area contributed by atoms with Gasteiger partial charge in [-0.1, -0.05) is 17.7 Å². The van der Waals surface area contributed by atoms with Crippen molar-refractivity contribution in [1.29, 1.82) is 0 Å². The summed E-state index contributed by atoms with van der Waals surface area (Å²) in [5, 5.41) is 3.96. The number of hydrogen-bond donors (Lipinski definition) is 1. The molecule has 8 heteroatoms. The van der Waals surface area contributed by atoms with Gasteiger partial charge >= 0.3 is 6.03 Å². The van der Waals surface area contributed by atoms with E-state index in [0.717, 1.165) is 22.3 Å². The molecule has 1 saturated heterocycles. The summed E-state index contributed by atoms with van der Waals surface area (Å²) in [6.07, 6.45) is 1.62. The lowest BCUT2D eigenvalue weighted by molar-refractivity contribution is 0.208. The Morgan fingerprint density at radius 1 is 1.03 bits per heavy atom. The zero-order valence-electron chi connectivity index (χ0n) is 18.6. The number of amides is 2. The van der Waals surface area contributed by atoms with Gasteiger partial charge in [-0.25, -0.2) is 14.8 Å². The average molecular weight is 444 g/mol. The number of rotatable bonds is 4. The van der Waals surface area contributed by atoms with E-state index in [9.17, 15) is 4.79 Å². The van der Waals surface area contributed by atoms with Gasteiger partial charge in [0.15, 0.2) is 11.6 Å². The molecule has 0 bridgehead atoms. The maximum absolute atomic E-state index is 12.8. The van der Waals surface area contributed by atoms with Gasteiger partial charge in [0, 0.05) is 43.3 Å². The Morgan fingerprint density at radius 3 is 2.64 bits per heavy atom. The van der Waals surface area contributed by atoms with Crippen molar-refractivity contribution in [2.24, 2.45) is 0 Å². The molecule has 4 aromatic rings. The molecule has 8 nitrogen and oxygen atoms in total. The van der Waals surface area contributed by atoms with Gasteiger partial charge < -0.3 is 24.3 Å². The van der Waals surface area contributed by atoms with Crippen molar-refractivity contribution in [3.63, 3.8) is 0 Å². The molecule has 0 spiro atoms. The van der Waals surface area contributed by atoms with Gasteiger partial charge in [0.1, 0.15) is 11.6 Å². The summed E-state index contributed by atoms with van der Waals surface area (Å²) < 4.78 is 10.8. The normalized spacial score (nSPS) is 13.9. The highest BCUT2D eigenvalue weighted by Crippen LogP contribution is 2.29. The smallest absolute Gasteiger partial charge is 0.321 e. The second-order valence-corrected chi connectivity index (χ2v) is 8.00. The summed E-state index contributed by atoms with van der Waals surface area (Å²) in [7, 11) is 1.61. The number of piperazine rings is 1. The summed E-state index contributed by atoms with van der Waals surface area (Å²) in [4.78, 5) is 26.4. The van der Waals surface area contributed by atoms with Crippen molar-refractivity contribution in [3.05, 3.63) is 66.4 Å². The van der Waals surface area contributed by atoms with E-state index < -0.39 is 0 Å². The van der Waals surface area contributed by atoms with Crippen molar-refractivity contribution in [1.82, 2.24) is 14.9 Å². The van der Waals surface area contributed by atoms with Crippen molar-refractivity contribution >= 4 is 28.4 Å². The molecule has 0 atom stereocenters. The molecule has 1 N–H and O–H groups in total. The van der Waals surface area contributed by atoms with Gasteiger partial charge in [-0.3, -0.25) is 0 Å². The fourth-order valence-electron chi connectivity index (χ4n) is 4.01. The van der Waals surface area contributed by atoms with Crippen LogP contribution < -0.4 is 15.0 Å². The van der Waals surface area contributed by atoms with Crippen LogP contribution in [0.25, 0.3) is 22.5 Å². The highest BCUT2D eigenvalue weighted by Gasteiger charge is 2.24. The average Bonchev–Trinajstić information content (AvgIpc) is 3.39. The van der Waals surface area contributed by atoms with Crippen LogP contribution in [0.15, 0.2) is 65.3 Å². The molecule has 168 valence electrons. The maximum Gasteiger partial charge on any atom is 0.321 e. The third kappa shape index (κ3) is 4.32. The molecular formula is C25H25N5O3. The van der Waals surface area contributed by atoms with Gasteiger partial charge in [-0.2, -0.15) is 0 Å². The number of nitrogens with zero attached hydrogens (tertiary/aromatic N) is 4. The number of fused-ring (bicyclic) bond motifs is 1. The summed E-state index contributed by atoms with van der Waals surface area (Å²) in [5.74, 6) is 2.76. The summed E-state index contributed by atoms with van der Waals surface area (Å²) in [6.45, 7) is 4.57. The van der Waals surface area contributed by atoms with Crippen LogP contribution in [0.1, 0.15) is 5.56 Å². The molecule has 1 aliphatic rings. The number of ether oxygens (including phenoxy) is 1. The SMILES string of the molecule is COc1cccc(NC(=O)N2CCN(c3nc(-c4ccco4)nc4ccc(C)cc34)CC2)c1. The second kappa shape index (κ2) is 8.82. The first-order valence-electron chi connectivity index (χ1n) is 10.9. The van der Waals surface area contributed by atoms with E-state index in [1.165, 1.54) is 0 Å². The number of methoxy groups -OCH3 is 1. The molecule has 0 unspecified atom stereocenters. The zero-order chi connectivity index (χ0) is 22.8. The minimum absolute atomic E-state index is 0.123. The Bertz CT molecular complexity index is 1280. The molecule has 1 aliphatic heterocycles. The molecule has 0 aliphatic carbocycles. The standard InChI is InChI=1S/C25H25N5O3/c1-17-8-9-21-20(15-17)24(28-23(27-21)22-7-4-14-33-22)29-10-12-30(13-11-29)25(31)26-18-5-3-6-19(16-18)32-2/h3-9,14-16H,10-13H2,1-2H3,(H,26,31). The number of aromatic nitrogens is 2. The fourth-order valence-corrected chi connectivity index (χ4v) is 4.01. The van der Waals surface area contributed by atoms with Crippen LogP contribution in [0, 0.1) is 6.92 Å². The topological polar surface area (TPSA) is 83.7 Å². The fraction of sp³-hybridized carbons (Fsp3) is 0.240. The lowest BCUT2D eigenvalue weighted by atomic mass is 10.1. The third-order valence-corrected chi connectivity index (χ3v) is 5.76. The van der Waals surface area contributed by atoms with Crippen molar-refractivity contribution < 1.29 is 13.9 Å². The first-order chi connectivity index (χ1) is 16.1. The van der Waals surface area contributed by atoms with E-state index in [2.05, 4.69) is 23.2 Å². The van der Waals surface area contributed by atoms with Crippen molar-refractivity contribution in [2.45, 2.75) is 6.92 Å². The molecular weight excluding hydrogens is 418 g/mol. The molecule has 33 heavy (non-hydrogen) atoms. The number of aryl methyl sites for hydroxylation is 1.